The predicted molar refractivity (Wildman–Crippen MR) is 87.5 cm³/mol. The highest BCUT2D eigenvalue weighted by Gasteiger charge is 2.23. The van der Waals surface area contributed by atoms with Crippen LogP contribution in [0.5, 0.6) is 0 Å². The van der Waals surface area contributed by atoms with E-state index < -0.39 is 0 Å². The minimum Gasteiger partial charge on any atom is -0.472 e. The molecule has 0 saturated heterocycles. The van der Waals surface area contributed by atoms with Gasteiger partial charge in [-0.3, -0.25) is 4.79 Å². The van der Waals surface area contributed by atoms with Crippen molar-refractivity contribution in [2.45, 2.75) is 13.2 Å². The number of carbonyl (C=O) groups excluding carboxylic acids is 1. The fourth-order valence-corrected chi connectivity index (χ4v) is 3.36. The summed E-state index contributed by atoms with van der Waals surface area (Å²) in [7, 11) is 0. The Hall–Kier alpha value is -2.45. The van der Waals surface area contributed by atoms with E-state index in [2.05, 4.69) is 15.6 Å². The Morgan fingerprint density at radius 3 is 3.21 bits per heavy atom. The van der Waals surface area contributed by atoms with E-state index in [1.165, 1.54) is 11.3 Å². The van der Waals surface area contributed by atoms with Gasteiger partial charge < -0.3 is 14.5 Å². The molecule has 1 N–H and O–H groups in total. The largest absolute Gasteiger partial charge is 0.472 e. The van der Waals surface area contributed by atoms with Crippen molar-refractivity contribution in [3.63, 3.8) is 0 Å². The van der Waals surface area contributed by atoms with E-state index in [0.717, 1.165) is 17.0 Å². The second-order valence-electron chi connectivity index (χ2n) is 5.68. The molecule has 0 spiro atoms. The number of nitrogens with one attached hydrogen (secondary N) is 1. The Labute approximate surface area is 142 Å². The molecule has 7 nitrogen and oxygen atoms in total. The predicted octanol–water partition coefficient (Wildman–Crippen LogP) is 2.18. The van der Waals surface area contributed by atoms with Crippen molar-refractivity contribution in [3.8, 4) is 11.3 Å². The molecule has 3 aromatic rings. The maximum atomic E-state index is 12.0. The van der Waals surface area contributed by atoms with Gasteiger partial charge in [-0.05, 0) is 17.5 Å². The van der Waals surface area contributed by atoms with Crippen molar-refractivity contribution >= 4 is 17.2 Å². The standard InChI is InChI=1S/C16H16N4O3S/c21-16(13-2-4-24-10-13)17-5-11-6-20-14(9-23-7-11)15(18-19-20)12-1-3-22-8-12/h1-4,8,10-11H,5-7,9H2,(H,17,21). The van der Waals surface area contributed by atoms with Crippen LogP contribution in [0.4, 0.5) is 0 Å². The number of amides is 1. The average molecular weight is 344 g/mol. The first-order valence-corrected chi connectivity index (χ1v) is 8.58. The normalized spacial score (nSPS) is 17.2. The molecule has 0 radical (unpaired) electrons. The summed E-state index contributed by atoms with van der Waals surface area (Å²) in [6.07, 6.45) is 3.26. The number of nitrogens with zero attached hydrogens (tertiary/aromatic N) is 3. The van der Waals surface area contributed by atoms with Gasteiger partial charge in [-0.15, -0.1) is 5.10 Å². The molecule has 0 saturated carbocycles. The van der Waals surface area contributed by atoms with E-state index in [4.69, 9.17) is 9.15 Å². The summed E-state index contributed by atoms with van der Waals surface area (Å²) in [5.41, 5.74) is 3.30. The lowest BCUT2D eigenvalue weighted by Gasteiger charge is -2.14. The third-order valence-electron chi connectivity index (χ3n) is 3.99. The van der Waals surface area contributed by atoms with Gasteiger partial charge in [0.2, 0.25) is 0 Å². The first kappa shape index (κ1) is 15.1. The number of furan rings is 1. The van der Waals surface area contributed by atoms with E-state index in [0.29, 0.717) is 31.9 Å². The van der Waals surface area contributed by atoms with E-state index in [-0.39, 0.29) is 11.8 Å². The number of hydrogen-bond acceptors (Lipinski definition) is 6. The zero-order chi connectivity index (χ0) is 16.4. The number of rotatable bonds is 4. The number of hydrogen-bond donors (Lipinski definition) is 1. The molecule has 124 valence electrons. The number of carbonyl (C=O) groups is 1. The van der Waals surface area contributed by atoms with Crippen molar-refractivity contribution in [3.05, 3.63) is 46.7 Å². The zero-order valence-corrected chi connectivity index (χ0v) is 13.7. The SMILES string of the molecule is O=C(NCC1COCc2c(-c3ccoc3)nnn2C1)c1ccsc1. The minimum absolute atomic E-state index is 0.0570. The molecule has 24 heavy (non-hydrogen) atoms. The summed E-state index contributed by atoms with van der Waals surface area (Å²) in [5.74, 6) is 0.0890. The van der Waals surface area contributed by atoms with Gasteiger partial charge in [0.15, 0.2) is 0 Å². The molecule has 0 aromatic carbocycles. The number of aromatic nitrogens is 3. The first-order chi connectivity index (χ1) is 11.8. The van der Waals surface area contributed by atoms with Crippen LogP contribution in [0.25, 0.3) is 11.3 Å². The van der Waals surface area contributed by atoms with Crippen molar-refractivity contribution < 1.29 is 13.9 Å². The third kappa shape index (κ3) is 2.98. The van der Waals surface area contributed by atoms with Crippen LogP contribution in [0.15, 0.2) is 39.8 Å². The average Bonchev–Trinajstić information content (AvgIpc) is 3.32. The Morgan fingerprint density at radius 1 is 1.46 bits per heavy atom. The van der Waals surface area contributed by atoms with Gasteiger partial charge in [0, 0.05) is 35.5 Å². The molecular formula is C16H16N4O3S. The summed E-state index contributed by atoms with van der Waals surface area (Å²) in [5, 5.41) is 15.2. The zero-order valence-electron chi connectivity index (χ0n) is 12.8. The van der Waals surface area contributed by atoms with Crippen molar-refractivity contribution in [1.29, 1.82) is 0 Å². The molecule has 1 atom stereocenters. The molecule has 1 unspecified atom stereocenters. The number of fused-ring (bicyclic) bond motifs is 1. The molecule has 1 aliphatic rings. The van der Waals surface area contributed by atoms with Gasteiger partial charge in [-0.25, -0.2) is 4.68 Å². The van der Waals surface area contributed by atoms with Gasteiger partial charge in [-0.2, -0.15) is 11.3 Å². The fraction of sp³-hybridized carbons (Fsp3) is 0.312. The summed E-state index contributed by atoms with van der Waals surface area (Å²) in [6.45, 7) is 2.21. The van der Waals surface area contributed by atoms with Crippen molar-refractivity contribution in [2.24, 2.45) is 5.92 Å². The maximum Gasteiger partial charge on any atom is 0.252 e. The molecular weight excluding hydrogens is 328 g/mol. The van der Waals surface area contributed by atoms with Crippen LogP contribution >= 0.6 is 11.3 Å². The minimum atomic E-state index is -0.0570. The Balaban J connectivity index is 1.44. The van der Waals surface area contributed by atoms with Crippen LogP contribution in [0.2, 0.25) is 0 Å². The summed E-state index contributed by atoms with van der Waals surface area (Å²) >= 11 is 1.51. The quantitative estimate of drug-likeness (QED) is 0.784. The molecule has 3 aromatic heterocycles. The number of thiophene rings is 1. The van der Waals surface area contributed by atoms with Crippen LogP contribution in [0.1, 0.15) is 16.1 Å². The molecule has 4 heterocycles. The Bertz CT molecular complexity index is 811. The lowest BCUT2D eigenvalue weighted by molar-refractivity contribution is 0.0852. The summed E-state index contributed by atoms with van der Waals surface area (Å²) < 4.78 is 12.7. The lowest BCUT2D eigenvalue weighted by atomic mass is 10.1. The first-order valence-electron chi connectivity index (χ1n) is 7.64. The van der Waals surface area contributed by atoms with Crippen LogP contribution < -0.4 is 5.32 Å². The molecule has 4 rings (SSSR count). The van der Waals surface area contributed by atoms with Gasteiger partial charge in [-0.1, -0.05) is 5.21 Å². The van der Waals surface area contributed by atoms with Crippen LogP contribution in [-0.4, -0.2) is 34.1 Å². The second-order valence-corrected chi connectivity index (χ2v) is 6.46. The van der Waals surface area contributed by atoms with Gasteiger partial charge in [0.25, 0.3) is 5.91 Å². The summed E-state index contributed by atoms with van der Waals surface area (Å²) in [4.78, 5) is 12.0. The monoisotopic (exact) mass is 344 g/mol. The van der Waals surface area contributed by atoms with E-state index in [9.17, 15) is 4.79 Å². The third-order valence-corrected chi connectivity index (χ3v) is 4.67. The molecule has 0 bridgehead atoms. The molecule has 1 aliphatic heterocycles. The molecule has 8 heteroatoms. The highest BCUT2D eigenvalue weighted by molar-refractivity contribution is 7.08. The molecule has 0 aliphatic carbocycles. The Morgan fingerprint density at radius 2 is 2.42 bits per heavy atom. The highest BCUT2D eigenvalue weighted by atomic mass is 32.1. The van der Waals surface area contributed by atoms with Crippen LogP contribution in [-0.2, 0) is 17.9 Å². The van der Waals surface area contributed by atoms with Gasteiger partial charge >= 0.3 is 0 Å². The maximum absolute atomic E-state index is 12.0. The smallest absolute Gasteiger partial charge is 0.252 e. The topological polar surface area (TPSA) is 82.2 Å². The molecule has 0 fully saturated rings. The fourth-order valence-electron chi connectivity index (χ4n) is 2.72. The lowest BCUT2D eigenvalue weighted by Crippen LogP contribution is -2.32. The Kier molecular flexibility index (Phi) is 4.14. The highest BCUT2D eigenvalue weighted by Crippen LogP contribution is 2.24. The second kappa shape index (κ2) is 6.58. The van der Waals surface area contributed by atoms with Crippen molar-refractivity contribution in [1.82, 2.24) is 20.3 Å². The van der Waals surface area contributed by atoms with E-state index >= 15 is 0 Å². The molecule has 1 amide bonds. The summed E-state index contributed by atoms with van der Waals surface area (Å²) in [6, 6.07) is 3.67. The van der Waals surface area contributed by atoms with Crippen molar-refractivity contribution in [2.75, 3.05) is 13.2 Å². The van der Waals surface area contributed by atoms with E-state index in [1.54, 1.807) is 12.5 Å². The van der Waals surface area contributed by atoms with Crippen LogP contribution in [0.3, 0.4) is 0 Å². The van der Waals surface area contributed by atoms with Gasteiger partial charge in [0.1, 0.15) is 5.69 Å². The van der Waals surface area contributed by atoms with Crippen LogP contribution in [0, 0.1) is 5.92 Å². The van der Waals surface area contributed by atoms with Gasteiger partial charge in [0.05, 0.1) is 31.4 Å². The van der Waals surface area contributed by atoms with E-state index in [1.807, 2.05) is 27.6 Å². The number of ether oxygens (including phenoxy) is 1.